The SMILES string of the molecule is Cc1nc(N2CCCCCCC2)ncc1[C@@H](C)NC(=O)c1ccncc1. The number of aromatic nitrogens is 3. The Hall–Kier alpha value is -2.50. The molecule has 1 fully saturated rings. The molecule has 0 spiro atoms. The molecule has 2 aromatic rings. The third-order valence-electron chi connectivity index (χ3n) is 4.90. The summed E-state index contributed by atoms with van der Waals surface area (Å²) < 4.78 is 0. The minimum Gasteiger partial charge on any atom is -0.345 e. The fourth-order valence-corrected chi connectivity index (χ4v) is 3.35. The van der Waals surface area contributed by atoms with Gasteiger partial charge in [0, 0.05) is 48.5 Å². The van der Waals surface area contributed by atoms with Gasteiger partial charge in [-0.2, -0.15) is 0 Å². The fourth-order valence-electron chi connectivity index (χ4n) is 3.35. The van der Waals surface area contributed by atoms with Crippen LogP contribution in [0.5, 0.6) is 0 Å². The van der Waals surface area contributed by atoms with Crippen LogP contribution < -0.4 is 10.2 Å². The van der Waals surface area contributed by atoms with Gasteiger partial charge in [-0.3, -0.25) is 9.78 Å². The summed E-state index contributed by atoms with van der Waals surface area (Å²) in [5.41, 5.74) is 2.46. The molecule has 0 aliphatic carbocycles. The van der Waals surface area contributed by atoms with E-state index in [0.29, 0.717) is 5.56 Å². The number of carbonyl (C=O) groups excluding carboxylic acids is 1. The van der Waals surface area contributed by atoms with E-state index >= 15 is 0 Å². The van der Waals surface area contributed by atoms with Gasteiger partial charge in [-0.15, -0.1) is 0 Å². The lowest BCUT2D eigenvalue weighted by Crippen LogP contribution is -2.30. The molecule has 2 aromatic heterocycles. The molecule has 0 saturated carbocycles. The molecular formula is C20H27N5O. The van der Waals surface area contributed by atoms with E-state index in [1.165, 1.54) is 32.1 Å². The van der Waals surface area contributed by atoms with Crippen molar-refractivity contribution in [3.8, 4) is 0 Å². The number of hydrogen-bond acceptors (Lipinski definition) is 5. The molecule has 1 amide bonds. The number of aryl methyl sites for hydroxylation is 1. The Morgan fingerprint density at radius 3 is 2.42 bits per heavy atom. The first-order valence-electron chi connectivity index (χ1n) is 9.44. The van der Waals surface area contributed by atoms with Crippen LogP contribution in [0.15, 0.2) is 30.7 Å². The van der Waals surface area contributed by atoms with Crippen molar-refractivity contribution >= 4 is 11.9 Å². The summed E-state index contributed by atoms with van der Waals surface area (Å²) in [6.07, 6.45) is 11.4. The average molecular weight is 353 g/mol. The van der Waals surface area contributed by atoms with Crippen LogP contribution in [0.25, 0.3) is 0 Å². The summed E-state index contributed by atoms with van der Waals surface area (Å²) in [5, 5.41) is 3.01. The smallest absolute Gasteiger partial charge is 0.251 e. The Bertz CT molecular complexity index is 726. The molecule has 0 bridgehead atoms. The van der Waals surface area contributed by atoms with Crippen LogP contribution in [0.3, 0.4) is 0 Å². The number of nitrogens with zero attached hydrogens (tertiary/aromatic N) is 4. The second kappa shape index (κ2) is 8.74. The van der Waals surface area contributed by atoms with E-state index in [9.17, 15) is 4.79 Å². The van der Waals surface area contributed by atoms with Crippen molar-refractivity contribution in [1.29, 1.82) is 0 Å². The van der Waals surface area contributed by atoms with Crippen LogP contribution in [0.1, 0.15) is 66.7 Å². The second-order valence-electron chi connectivity index (χ2n) is 6.90. The van der Waals surface area contributed by atoms with E-state index in [0.717, 1.165) is 30.3 Å². The molecule has 26 heavy (non-hydrogen) atoms. The topological polar surface area (TPSA) is 71.0 Å². The monoisotopic (exact) mass is 353 g/mol. The summed E-state index contributed by atoms with van der Waals surface area (Å²) in [6.45, 7) is 5.99. The zero-order valence-corrected chi connectivity index (χ0v) is 15.6. The highest BCUT2D eigenvalue weighted by Gasteiger charge is 2.17. The zero-order chi connectivity index (χ0) is 18.4. The number of nitrogens with one attached hydrogen (secondary N) is 1. The Labute approximate surface area is 155 Å². The van der Waals surface area contributed by atoms with Gasteiger partial charge in [-0.25, -0.2) is 9.97 Å². The molecule has 1 aliphatic rings. The van der Waals surface area contributed by atoms with Crippen molar-refractivity contribution in [2.75, 3.05) is 18.0 Å². The van der Waals surface area contributed by atoms with Crippen LogP contribution in [0, 0.1) is 6.92 Å². The Morgan fingerprint density at radius 1 is 1.12 bits per heavy atom. The molecule has 3 heterocycles. The van der Waals surface area contributed by atoms with Crippen LogP contribution in [0.2, 0.25) is 0 Å². The molecule has 1 atom stereocenters. The number of pyridine rings is 1. The van der Waals surface area contributed by atoms with Crippen molar-refractivity contribution in [2.45, 2.75) is 52.0 Å². The quantitative estimate of drug-likeness (QED) is 0.912. The summed E-state index contributed by atoms with van der Waals surface area (Å²) in [6, 6.07) is 3.25. The van der Waals surface area contributed by atoms with Crippen LogP contribution >= 0.6 is 0 Å². The molecule has 6 nitrogen and oxygen atoms in total. The third-order valence-corrected chi connectivity index (χ3v) is 4.90. The minimum absolute atomic E-state index is 0.118. The number of carbonyl (C=O) groups is 1. The number of hydrogen-bond donors (Lipinski definition) is 1. The van der Waals surface area contributed by atoms with E-state index in [4.69, 9.17) is 4.98 Å². The van der Waals surface area contributed by atoms with Crippen molar-refractivity contribution in [1.82, 2.24) is 20.3 Å². The van der Waals surface area contributed by atoms with Crippen molar-refractivity contribution < 1.29 is 4.79 Å². The van der Waals surface area contributed by atoms with Gasteiger partial charge in [0.2, 0.25) is 5.95 Å². The third kappa shape index (κ3) is 4.56. The summed E-state index contributed by atoms with van der Waals surface area (Å²) >= 11 is 0. The van der Waals surface area contributed by atoms with E-state index in [-0.39, 0.29) is 11.9 Å². The maximum Gasteiger partial charge on any atom is 0.251 e. The van der Waals surface area contributed by atoms with Crippen LogP contribution in [-0.2, 0) is 0 Å². The Morgan fingerprint density at radius 2 is 1.77 bits per heavy atom. The molecule has 1 saturated heterocycles. The van der Waals surface area contributed by atoms with Gasteiger partial charge in [0.15, 0.2) is 0 Å². The molecule has 0 aromatic carbocycles. The molecule has 1 N–H and O–H groups in total. The number of amides is 1. The number of rotatable bonds is 4. The van der Waals surface area contributed by atoms with E-state index in [1.54, 1.807) is 24.5 Å². The normalized spacial score (nSPS) is 16.5. The lowest BCUT2D eigenvalue weighted by atomic mass is 10.1. The van der Waals surface area contributed by atoms with Crippen molar-refractivity contribution in [3.05, 3.63) is 47.5 Å². The minimum atomic E-state index is -0.156. The summed E-state index contributed by atoms with van der Waals surface area (Å²) in [7, 11) is 0. The molecule has 1 aliphatic heterocycles. The highest BCUT2D eigenvalue weighted by molar-refractivity contribution is 5.94. The first-order chi connectivity index (χ1) is 12.6. The summed E-state index contributed by atoms with van der Waals surface area (Å²) in [4.78, 5) is 27.9. The zero-order valence-electron chi connectivity index (χ0n) is 15.6. The molecule has 0 radical (unpaired) electrons. The van der Waals surface area contributed by atoms with Gasteiger partial charge in [0.25, 0.3) is 5.91 Å². The largest absolute Gasteiger partial charge is 0.345 e. The highest BCUT2D eigenvalue weighted by Crippen LogP contribution is 2.20. The first kappa shape index (κ1) is 18.3. The van der Waals surface area contributed by atoms with Gasteiger partial charge >= 0.3 is 0 Å². The van der Waals surface area contributed by atoms with Crippen LogP contribution in [-0.4, -0.2) is 33.9 Å². The average Bonchev–Trinajstić information content (AvgIpc) is 2.62. The lowest BCUT2D eigenvalue weighted by Gasteiger charge is -2.25. The molecule has 138 valence electrons. The van der Waals surface area contributed by atoms with Crippen molar-refractivity contribution in [2.24, 2.45) is 0 Å². The van der Waals surface area contributed by atoms with Gasteiger partial charge in [-0.05, 0) is 38.8 Å². The maximum atomic E-state index is 12.3. The molecular weight excluding hydrogens is 326 g/mol. The first-order valence-corrected chi connectivity index (χ1v) is 9.44. The van der Waals surface area contributed by atoms with Crippen LogP contribution in [0.4, 0.5) is 5.95 Å². The number of anilines is 1. The summed E-state index contributed by atoms with van der Waals surface area (Å²) in [5.74, 6) is 0.688. The van der Waals surface area contributed by atoms with Gasteiger partial charge in [0.05, 0.1) is 6.04 Å². The standard InChI is InChI=1S/C20H27N5O/c1-15(23-19(26)17-8-10-21-11-9-17)18-14-22-20(24-16(18)2)25-12-6-4-3-5-7-13-25/h8-11,14-15H,3-7,12-13H2,1-2H3,(H,23,26)/t15-/m1/s1. The van der Waals surface area contributed by atoms with E-state index < -0.39 is 0 Å². The van der Waals surface area contributed by atoms with Gasteiger partial charge in [-0.1, -0.05) is 19.3 Å². The Kier molecular flexibility index (Phi) is 6.15. The molecule has 3 rings (SSSR count). The lowest BCUT2D eigenvalue weighted by molar-refractivity contribution is 0.0939. The van der Waals surface area contributed by atoms with Gasteiger partial charge in [0.1, 0.15) is 0 Å². The predicted molar refractivity (Wildman–Crippen MR) is 102 cm³/mol. The fraction of sp³-hybridized carbons (Fsp3) is 0.500. The predicted octanol–water partition coefficient (Wildman–Crippen LogP) is 3.44. The molecule has 0 unspecified atom stereocenters. The van der Waals surface area contributed by atoms with E-state index in [1.807, 2.05) is 20.0 Å². The Balaban J connectivity index is 1.69. The van der Waals surface area contributed by atoms with Crippen molar-refractivity contribution in [3.63, 3.8) is 0 Å². The maximum absolute atomic E-state index is 12.3. The van der Waals surface area contributed by atoms with E-state index in [2.05, 4.69) is 20.2 Å². The highest BCUT2D eigenvalue weighted by atomic mass is 16.1. The van der Waals surface area contributed by atoms with Gasteiger partial charge < -0.3 is 10.2 Å². The molecule has 6 heteroatoms. The second-order valence-corrected chi connectivity index (χ2v) is 6.90.